The van der Waals surface area contributed by atoms with Crippen molar-refractivity contribution in [3.8, 4) is 5.69 Å². The van der Waals surface area contributed by atoms with Gasteiger partial charge in [-0.25, -0.2) is 0 Å². The Bertz CT molecular complexity index is 805. The van der Waals surface area contributed by atoms with Crippen molar-refractivity contribution in [2.75, 3.05) is 19.0 Å². The Labute approximate surface area is 142 Å². The van der Waals surface area contributed by atoms with Gasteiger partial charge in [0, 0.05) is 50.0 Å². The number of aromatic nitrogens is 1. The van der Waals surface area contributed by atoms with Gasteiger partial charge in [-0.2, -0.15) is 0 Å². The third-order valence-corrected chi connectivity index (χ3v) is 3.94. The topological polar surface area (TPSA) is 37.3 Å². The summed E-state index contributed by atoms with van der Waals surface area (Å²) in [6.07, 6.45) is 3.96. The third kappa shape index (κ3) is 3.49. The normalized spacial score (nSPS) is 10.4. The molecule has 1 N–H and O–H groups in total. The van der Waals surface area contributed by atoms with Crippen molar-refractivity contribution in [2.24, 2.45) is 0 Å². The maximum atomic E-state index is 12.4. The van der Waals surface area contributed by atoms with Gasteiger partial charge >= 0.3 is 0 Å². The highest BCUT2D eigenvalue weighted by Gasteiger charge is 2.08. The van der Waals surface area contributed by atoms with Crippen LogP contribution in [0.15, 0.2) is 73.1 Å². The van der Waals surface area contributed by atoms with Crippen molar-refractivity contribution < 1.29 is 4.79 Å². The average Bonchev–Trinajstić information content (AvgIpc) is 3.14. The van der Waals surface area contributed by atoms with Crippen LogP contribution in [0.3, 0.4) is 0 Å². The molecule has 0 atom stereocenters. The molecule has 2 aromatic carbocycles. The lowest BCUT2D eigenvalue weighted by Gasteiger charge is -2.17. The quantitative estimate of drug-likeness (QED) is 0.782. The molecular formula is C20H21N3O. The van der Waals surface area contributed by atoms with Crippen LogP contribution in [-0.4, -0.2) is 24.6 Å². The van der Waals surface area contributed by atoms with Crippen LogP contribution in [0.5, 0.6) is 0 Å². The second-order valence-corrected chi connectivity index (χ2v) is 5.84. The predicted octanol–water partition coefficient (Wildman–Crippen LogP) is 3.47. The number of nitrogens with zero attached hydrogens (tertiary/aromatic N) is 2. The Morgan fingerprint density at radius 1 is 0.958 bits per heavy atom. The molecule has 0 unspecified atom stereocenters. The molecule has 0 aliphatic rings. The predicted molar refractivity (Wildman–Crippen MR) is 97.7 cm³/mol. The minimum absolute atomic E-state index is 0.0670. The standard InChI is InChI=1S/C20H21N3O/c1-22(2)19-8-4-3-7-17(19)15-21-20(24)16-9-11-18(12-10-16)23-13-5-6-14-23/h3-14H,15H2,1-2H3,(H,21,24). The van der Waals surface area contributed by atoms with Gasteiger partial charge in [0.15, 0.2) is 0 Å². The number of amides is 1. The van der Waals surface area contributed by atoms with E-state index in [-0.39, 0.29) is 5.91 Å². The van der Waals surface area contributed by atoms with Gasteiger partial charge in [-0.15, -0.1) is 0 Å². The van der Waals surface area contributed by atoms with Gasteiger partial charge in [-0.1, -0.05) is 18.2 Å². The van der Waals surface area contributed by atoms with E-state index in [9.17, 15) is 4.79 Å². The van der Waals surface area contributed by atoms with Crippen LogP contribution in [0.25, 0.3) is 5.69 Å². The van der Waals surface area contributed by atoms with Gasteiger partial charge in [0.05, 0.1) is 0 Å². The van der Waals surface area contributed by atoms with E-state index in [0.717, 1.165) is 16.9 Å². The molecule has 4 nitrogen and oxygen atoms in total. The van der Waals surface area contributed by atoms with Gasteiger partial charge in [0.2, 0.25) is 0 Å². The zero-order valence-electron chi connectivity index (χ0n) is 13.9. The minimum Gasteiger partial charge on any atom is -0.377 e. The van der Waals surface area contributed by atoms with Crippen molar-refractivity contribution in [1.29, 1.82) is 0 Å². The molecule has 0 spiro atoms. The zero-order chi connectivity index (χ0) is 16.9. The number of hydrogen-bond acceptors (Lipinski definition) is 2. The number of nitrogens with one attached hydrogen (secondary N) is 1. The lowest BCUT2D eigenvalue weighted by molar-refractivity contribution is 0.0951. The van der Waals surface area contributed by atoms with Crippen LogP contribution in [-0.2, 0) is 6.54 Å². The molecule has 24 heavy (non-hydrogen) atoms. The number of hydrogen-bond donors (Lipinski definition) is 1. The molecule has 4 heteroatoms. The van der Waals surface area contributed by atoms with Gasteiger partial charge < -0.3 is 14.8 Å². The van der Waals surface area contributed by atoms with Crippen molar-refractivity contribution in [3.63, 3.8) is 0 Å². The second-order valence-electron chi connectivity index (χ2n) is 5.84. The second kappa shape index (κ2) is 7.04. The first-order valence-corrected chi connectivity index (χ1v) is 7.92. The molecule has 122 valence electrons. The van der Waals surface area contributed by atoms with Crippen molar-refractivity contribution in [1.82, 2.24) is 9.88 Å². The van der Waals surface area contributed by atoms with E-state index >= 15 is 0 Å². The first-order chi connectivity index (χ1) is 11.6. The maximum Gasteiger partial charge on any atom is 0.251 e. The molecule has 3 rings (SSSR count). The summed E-state index contributed by atoms with van der Waals surface area (Å²) < 4.78 is 2.01. The van der Waals surface area contributed by atoms with E-state index in [0.29, 0.717) is 12.1 Å². The Balaban J connectivity index is 1.67. The average molecular weight is 319 g/mol. The zero-order valence-corrected chi connectivity index (χ0v) is 13.9. The van der Waals surface area contributed by atoms with Crippen molar-refractivity contribution in [2.45, 2.75) is 6.54 Å². The summed E-state index contributed by atoms with van der Waals surface area (Å²) >= 11 is 0. The van der Waals surface area contributed by atoms with Gasteiger partial charge in [0.25, 0.3) is 5.91 Å². The minimum atomic E-state index is -0.0670. The van der Waals surface area contributed by atoms with Crippen LogP contribution < -0.4 is 10.2 Å². The molecule has 0 saturated heterocycles. The number of benzene rings is 2. The van der Waals surface area contributed by atoms with Crippen molar-refractivity contribution >= 4 is 11.6 Å². The van der Waals surface area contributed by atoms with E-state index in [1.165, 1.54) is 0 Å². The Hall–Kier alpha value is -3.01. The molecule has 1 aromatic heterocycles. The Kier molecular flexibility index (Phi) is 4.66. The Morgan fingerprint density at radius 3 is 2.29 bits per heavy atom. The summed E-state index contributed by atoms with van der Waals surface area (Å²) in [7, 11) is 4.00. The van der Waals surface area contributed by atoms with Gasteiger partial charge in [-0.05, 0) is 48.0 Å². The fraction of sp³-hybridized carbons (Fsp3) is 0.150. The van der Waals surface area contributed by atoms with Crippen LogP contribution in [0.2, 0.25) is 0 Å². The lowest BCUT2D eigenvalue weighted by atomic mass is 10.1. The van der Waals surface area contributed by atoms with E-state index in [4.69, 9.17) is 0 Å². The van der Waals surface area contributed by atoms with Crippen LogP contribution in [0, 0.1) is 0 Å². The number of carbonyl (C=O) groups excluding carboxylic acids is 1. The summed E-state index contributed by atoms with van der Waals surface area (Å²) in [5, 5.41) is 2.99. The number of rotatable bonds is 5. The maximum absolute atomic E-state index is 12.4. The number of anilines is 1. The first kappa shape index (κ1) is 15.9. The summed E-state index contributed by atoms with van der Waals surface area (Å²) in [5.74, 6) is -0.0670. The van der Waals surface area contributed by atoms with Crippen LogP contribution in [0.4, 0.5) is 5.69 Å². The highest BCUT2D eigenvalue weighted by Crippen LogP contribution is 2.17. The van der Waals surface area contributed by atoms with Gasteiger partial charge in [0.1, 0.15) is 0 Å². The SMILES string of the molecule is CN(C)c1ccccc1CNC(=O)c1ccc(-n2cccc2)cc1. The van der Waals surface area contributed by atoms with E-state index < -0.39 is 0 Å². The van der Waals surface area contributed by atoms with E-state index in [1.807, 2.05) is 96.6 Å². The molecule has 0 aliphatic carbocycles. The third-order valence-electron chi connectivity index (χ3n) is 3.94. The molecule has 0 bridgehead atoms. The van der Waals surface area contributed by atoms with E-state index in [1.54, 1.807) is 0 Å². The number of para-hydroxylation sites is 1. The smallest absolute Gasteiger partial charge is 0.251 e. The Morgan fingerprint density at radius 2 is 1.62 bits per heavy atom. The van der Waals surface area contributed by atoms with Crippen LogP contribution in [0.1, 0.15) is 15.9 Å². The molecule has 3 aromatic rings. The fourth-order valence-electron chi connectivity index (χ4n) is 2.67. The molecule has 0 radical (unpaired) electrons. The lowest BCUT2D eigenvalue weighted by Crippen LogP contribution is -2.24. The molecule has 1 heterocycles. The highest BCUT2D eigenvalue weighted by atomic mass is 16.1. The molecule has 0 fully saturated rings. The van der Waals surface area contributed by atoms with Gasteiger partial charge in [-0.3, -0.25) is 4.79 Å². The fourth-order valence-corrected chi connectivity index (χ4v) is 2.67. The molecule has 1 amide bonds. The number of carbonyl (C=O) groups is 1. The van der Waals surface area contributed by atoms with E-state index in [2.05, 4.69) is 5.32 Å². The summed E-state index contributed by atoms with van der Waals surface area (Å²) in [6, 6.07) is 19.6. The monoisotopic (exact) mass is 319 g/mol. The van der Waals surface area contributed by atoms with Crippen molar-refractivity contribution in [3.05, 3.63) is 84.2 Å². The van der Waals surface area contributed by atoms with Crippen LogP contribution >= 0.6 is 0 Å². The summed E-state index contributed by atoms with van der Waals surface area (Å²) in [4.78, 5) is 14.4. The molecule has 0 aliphatic heterocycles. The largest absolute Gasteiger partial charge is 0.377 e. The molecular weight excluding hydrogens is 298 g/mol. The molecule has 0 saturated carbocycles. The first-order valence-electron chi connectivity index (χ1n) is 7.92. The summed E-state index contributed by atoms with van der Waals surface area (Å²) in [5.41, 5.74) is 3.91. The summed E-state index contributed by atoms with van der Waals surface area (Å²) in [6.45, 7) is 0.506. The highest BCUT2D eigenvalue weighted by molar-refractivity contribution is 5.94.